The highest BCUT2D eigenvalue weighted by molar-refractivity contribution is 6.05. The predicted molar refractivity (Wildman–Crippen MR) is 116 cm³/mol. The minimum Gasteiger partial charge on any atom is -0.447 e. The maximum atomic E-state index is 12.9. The largest absolute Gasteiger partial charge is 0.447 e. The summed E-state index contributed by atoms with van der Waals surface area (Å²) in [6, 6.07) is 4.80. The molecule has 4 aliphatic rings. The quantitative estimate of drug-likeness (QED) is 0.657. The van der Waals surface area contributed by atoms with Crippen molar-refractivity contribution >= 4 is 23.8 Å². The summed E-state index contributed by atoms with van der Waals surface area (Å²) < 4.78 is 11.2. The third-order valence-corrected chi connectivity index (χ3v) is 7.38. The van der Waals surface area contributed by atoms with Crippen molar-refractivity contribution < 1.29 is 28.7 Å². The molecule has 176 valence electrons. The standard InChI is InChI=1S/C24H29N3O6/c28-20-6-5-19(21(29)26-20)27-12-16-4-3-15(9-18(16)22(27)30)11-25-23(31)32-13-17-10-24(14-33-17)7-1-2-8-24/h3-4,9,17,19H,1-2,5-8,10-14H2,(H,25,31)(H,26,28,29). The van der Waals surface area contributed by atoms with Crippen LogP contribution in [0, 0.1) is 5.41 Å². The number of rotatable bonds is 5. The molecule has 9 heteroatoms. The van der Waals surface area contributed by atoms with E-state index in [2.05, 4.69) is 10.6 Å². The van der Waals surface area contributed by atoms with E-state index >= 15 is 0 Å². The summed E-state index contributed by atoms with van der Waals surface area (Å²) in [5.41, 5.74) is 2.42. The van der Waals surface area contributed by atoms with Gasteiger partial charge in [-0.15, -0.1) is 0 Å². The van der Waals surface area contributed by atoms with Gasteiger partial charge < -0.3 is 19.7 Å². The van der Waals surface area contributed by atoms with Crippen LogP contribution in [0.25, 0.3) is 0 Å². The highest BCUT2D eigenvalue weighted by atomic mass is 16.6. The second-order valence-electron chi connectivity index (χ2n) is 9.69. The molecule has 4 amide bonds. The molecule has 1 aromatic carbocycles. The Hall–Kier alpha value is -2.94. The molecule has 3 heterocycles. The lowest BCUT2D eigenvalue weighted by molar-refractivity contribution is -0.136. The normalized spacial score (nSPS) is 25.9. The topological polar surface area (TPSA) is 114 Å². The number of carbonyl (C=O) groups is 4. The average Bonchev–Trinajstić information content (AvgIpc) is 3.51. The van der Waals surface area contributed by atoms with E-state index in [0.29, 0.717) is 23.9 Å². The van der Waals surface area contributed by atoms with Gasteiger partial charge in [-0.1, -0.05) is 25.0 Å². The molecule has 33 heavy (non-hydrogen) atoms. The van der Waals surface area contributed by atoms with Gasteiger partial charge in [0.05, 0.1) is 12.7 Å². The molecule has 2 N–H and O–H groups in total. The van der Waals surface area contributed by atoms with Gasteiger partial charge in [0.1, 0.15) is 12.6 Å². The summed E-state index contributed by atoms with van der Waals surface area (Å²) in [5, 5.41) is 5.04. The maximum Gasteiger partial charge on any atom is 0.407 e. The Labute approximate surface area is 192 Å². The van der Waals surface area contributed by atoms with Crippen LogP contribution in [0.1, 0.15) is 66.4 Å². The second-order valence-corrected chi connectivity index (χ2v) is 9.69. The molecule has 2 atom stereocenters. The summed E-state index contributed by atoms with van der Waals surface area (Å²) in [7, 11) is 0. The van der Waals surface area contributed by atoms with Crippen molar-refractivity contribution in [3.63, 3.8) is 0 Å². The minimum absolute atomic E-state index is 0.0373. The van der Waals surface area contributed by atoms with Gasteiger partial charge in [0.25, 0.3) is 5.91 Å². The van der Waals surface area contributed by atoms with E-state index in [1.165, 1.54) is 30.6 Å². The Bertz CT molecular complexity index is 986. The molecule has 2 unspecified atom stereocenters. The van der Waals surface area contributed by atoms with Gasteiger partial charge in [-0.25, -0.2) is 4.79 Å². The first-order valence-corrected chi connectivity index (χ1v) is 11.7. The fourth-order valence-electron chi connectivity index (χ4n) is 5.58. The number of ether oxygens (including phenoxy) is 2. The zero-order valence-electron chi connectivity index (χ0n) is 18.6. The van der Waals surface area contributed by atoms with Gasteiger partial charge in [-0.3, -0.25) is 19.7 Å². The van der Waals surface area contributed by atoms with E-state index in [9.17, 15) is 19.2 Å². The predicted octanol–water partition coefficient (Wildman–Crippen LogP) is 2.02. The Morgan fingerprint density at radius 1 is 1.24 bits per heavy atom. The molecule has 1 aliphatic carbocycles. The fraction of sp³-hybridized carbons (Fsp3) is 0.583. The van der Waals surface area contributed by atoms with Gasteiger partial charge >= 0.3 is 6.09 Å². The van der Waals surface area contributed by atoms with Crippen molar-refractivity contribution in [1.82, 2.24) is 15.5 Å². The number of nitrogens with one attached hydrogen (secondary N) is 2. The number of amides is 4. The van der Waals surface area contributed by atoms with Crippen LogP contribution in [0.2, 0.25) is 0 Å². The SMILES string of the molecule is O=C1CCC(N2Cc3ccc(CNC(=O)OCC4CC5(CCCC5)CO4)cc3C2=O)C(=O)N1. The van der Waals surface area contributed by atoms with Crippen molar-refractivity contribution in [3.8, 4) is 0 Å². The summed E-state index contributed by atoms with van der Waals surface area (Å²) in [4.78, 5) is 50.1. The van der Waals surface area contributed by atoms with Gasteiger partial charge in [0.2, 0.25) is 11.8 Å². The van der Waals surface area contributed by atoms with Crippen LogP contribution in [-0.4, -0.2) is 54.1 Å². The van der Waals surface area contributed by atoms with Crippen molar-refractivity contribution in [1.29, 1.82) is 0 Å². The summed E-state index contributed by atoms with van der Waals surface area (Å²) >= 11 is 0. The average molecular weight is 456 g/mol. The van der Waals surface area contributed by atoms with Crippen molar-refractivity contribution in [3.05, 3.63) is 34.9 Å². The van der Waals surface area contributed by atoms with E-state index < -0.39 is 18.0 Å². The number of benzene rings is 1. The van der Waals surface area contributed by atoms with E-state index in [1.54, 1.807) is 6.07 Å². The summed E-state index contributed by atoms with van der Waals surface area (Å²) in [6.45, 7) is 1.57. The number of fused-ring (bicyclic) bond motifs is 1. The molecule has 3 fully saturated rings. The molecular weight excluding hydrogens is 426 g/mol. The molecule has 2 saturated heterocycles. The maximum absolute atomic E-state index is 12.9. The first kappa shape index (κ1) is 21.9. The van der Waals surface area contributed by atoms with Gasteiger partial charge in [0, 0.05) is 25.1 Å². The Morgan fingerprint density at radius 3 is 2.85 bits per heavy atom. The van der Waals surface area contributed by atoms with Crippen molar-refractivity contribution in [2.75, 3.05) is 13.2 Å². The third-order valence-electron chi connectivity index (χ3n) is 7.38. The van der Waals surface area contributed by atoms with Gasteiger partial charge in [0.15, 0.2) is 0 Å². The van der Waals surface area contributed by atoms with E-state index in [4.69, 9.17) is 9.47 Å². The highest BCUT2D eigenvalue weighted by Crippen LogP contribution is 2.46. The molecule has 1 saturated carbocycles. The molecule has 5 rings (SSSR count). The number of nitrogens with zero attached hydrogens (tertiary/aromatic N) is 1. The molecule has 1 spiro atoms. The number of hydrogen-bond donors (Lipinski definition) is 2. The number of alkyl carbamates (subject to hydrolysis) is 1. The van der Waals surface area contributed by atoms with Gasteiger partial charge in [-0.2, -0.15) is 0 Å². The Balaban J connectivity index is 1.12. The van der Waals surface area contributed by atoms with Crippen LogP contribution in [-0.2, 0) is 32.2 Å². The van der Waals surface area contributed by atoms with Crippen molar-refractivity contribution in [2.45, 2.75) is 70.2 Å². The first-order chi connectivity index (χ1) is 15.9. The molecule has 0 bridgehead atoms. The zero-order valence-corrected chi connectivity index (χ0v) is 18.6. The summed E-state index contributed by atoms with van der Waals surface area (Å²) in [6.07, 6.45) is 5.88. The Kier molecular flexibility index (Phi) is 5.82. The van der Waals surface area contributed by atoms with Crippen LogP contribution < -0.4 is 10.6 Å². The van der Waals surface area contributed by atoms with E-state index in [0.717, 1.165) is 24.2 Å². The fourth-order valence-corrected chi connectivity index (χ4v) is 5.58. The zero-order chi connectivity index (χ0) is 23.0. The second kappa shape index (κ2) is 8.78. The van der Waals surface area contributed by atoms with Crippen LogP contribution in [0.3, 0.4) is 0 Å². The van der Waals surface area contributed by atoms with Gasteiger partial charge in [-0.05, 0) is 48.3 Å². The molecule has 0 aromatic heterocycles. The lowest BCUT2D eigenvalue weighted by Gasteiger charge is -2.29. The van der Waals surface area contributed by atoms with Crippen LogP contribution in [0.5, 0.6) is 0 Å². The van der Waals surface area contributed by atoms with E-state index in [1.807, 2.05) is 12.1 Å². The first-order valence-electron chi connectivity index (χ1n) is 11.7. The number of hydrogen-bond acceptors (Lipinski definition) is 6. The van der Waals surface area contributed by atoms with Crippen LogP contribution in [0.15, 0.2) is 18.2 Å². The third kappa shape index (κ3) is 4.46. The molecule has 3 aliphatic heterocycles. The molecule has 0 radical (unpaired) electrons. The highest BCUT2D eigenvalue weighted by Gasteiger charge is 2.42. The monoisotopic (exact) mass is 455 g/mol. The molecular formula is C24H29N3O6. The lowest BCUT2D eigenvalue weighted by Crippen LogP contribution is -2.52. The van der Waals surface area contributed by atoms with Crippen LogP contribution >= 0.6 is 0 Å². The lowest BCUT2D eigenvalue weighted by atomic mass is 9.84. The van der Waals surface area contributed by atoms with Crippen LogP contribution in [0.4, 0.5) is 4.79 Å². The number of imide groups is 1. The van der Waals surface area contributed by atoms with Crippen molar-refractivity contribution in [2.24, 2.45) is 5.41 Å². The minimum atomic E-state index is -0.639. The number of piperidine rings is 1. The summed E-state index contributed by atoms with van der Waals surface area (Å²) in [5.74, 6) is -0.969. The number of carbonyl (C=O) groups excluding carboxylic acids is 4. The Morgan fingerprint density at radius 2 is 2.06 bits per heavy atom. The molecule has 1 aromatic rings. The smallest absolute Gasteiger partial charge is 0.407 e. The van der Waals surface area contributed by atoms with E-state index in [-0.39, 0.29) is 37.5 Å². The molecule has 9 nitrogen and oxygen atoms in total.